The van der Waals surface area contributed by atoms with Crippen LogP contribution in [0.5, 0.6) is 0 Å². The van der Waals surface area contributed by atoms with Crippen LogP contribution in [0.4, 0.5) is 5.69 Å². The number of nitrogens with zero attached hydrogens (tertiary/aromatic N) is 2. The molecule has 6 nitrogen and oxygen atoms in total. The monoisotopic (exact) mass is 441 g/mol. The van der Waals surface area contributed by atoms with E-state index in [1.807, 2.05) is 6.07 Å². The first-order chi connectivity index (χ1) is 14.8. The van der Waals surface area contributed by atoms with Crippen LogP contribution in [-0.2, 0) is 16.8 Å². The average Bonchev–Trinajstić information content (AvgIpc) is 2.70. The number of carboxylic acids is 1. The van der Waals surface area contributed by atoms with Gasteiger partial charge in [0.25, 0.3) is 5.56 Å². The zero-order valence-corrected chi connectivity index (χ0v) is 18.5. The smallest absolute Gasteiger partial charge is 0.309 e. The van der Waals surface area contributed by atoms with Gasteiger partial charge in [0.05, 0.1) is 22.8 Å². The van der Waals surface area contributed by atoms with Crippen LogP contribution in [-0.4, -0.2) is 27.4 Å². The summed E-state index contributed by atoms with van der Waals surface area (Å²) >= 11 is 6.49. The molecule has 1 aromatic carbocycles. The second kappa shape index (κ2) is 7.37. The maximum atomic E-state index is 13.2. The van der Waals surface area contributed by atoms with Gasteiger partial charge in [0.15, 0.2) is 0 Å². The van der Waals surface area contributed by atoms with Crippen LogP contribution in [0, 0.1) is 24.2 Å². The Kier molecular flexibility index (Phi) is 4.88. The van der Waals surface area contributed by atoms with Gasteiger partial charge in [0.2, 0.25) is 0 Å². The van der Waals surface area contributed by atoms with Crippen molar-refractivity contribution in [2.24, 2.45) is 17.3 Å². The third-order valence-corrected chi connectivity index (χ3v) is 8.03. The van der Waals surface area contributed by atoms with Crippen molar-refractivity contribution >= 4 is 23.3 Å². The molecule has 1 heterocycles. The molecule has 0 aliphatic heterocycles. The molecule has 2 unspecified atom stereocenters. The van der Waals surface area contributed by atoms with Crippen molar-refractivity contribution in [2.45, 2.75) is 57.4 Å². The molecule has 0 saturated heterocycles. The minimum absolute atomic E-state index is 0.138. The lowest BCUT2D eigenvalue weighted by atomic mass is 9.47. The predicted molar refractivity (Wildman–Crippen MR) is 120 cm³/mol. The molecule has 6 rings (SSSR count). The van der Waals surface area contributed by atoms with Gasteiger partial charge in [0.1, 0.15) is 5.02 Å². The number of nitrogens with one attached hydrogen (secondary N) is 1. The minimum atomic E-state index is -0.723. The van der Waals surface area contributed by atoms with E-state index in [1.165, 1.54) is 15.8 Å². The van der Waals surface area contributed by atoms with E-state index in [2.05, 4.69) is 35.5 Å². The third-order valence-electron chi connectivity index (χ3n) is 7.66. The molecular formula is C24H28ClN3O3. The zero-order valence-electron chi connectivity index (χ0n) is 17.7. The Labute approximate surface area is 186 Å². The summed E-state index contributed by atoms with van der Waals surface area (Å²) in [6.45, 7) is 2.71. The number of aliphatic carboxylic acids is 1. The largest absolute Gasteiger partial charge is 0.481 e. The molecule has 164 valence electrons. The molecule has 4 fully saturated rings. The van der Waals surface area contributed by atoms with Crippen molar-refractivity contribution in [1.82, 2.24) is 9.78 Å². The Morgan fingerprint density at radius 1 is 1.29 bits per heavy atom. The number of anilines is 1. The van der Waals surface area contributed by atoms with Gasteiger partial charge in [-0.05, 0) is 69.3 Å². The Bertz CT molecular complexity index is 1080. The summed E-state index contributed by atoms with van der Waals surface area (Å²) in [6, 6.07) is 8.33. The Morgan fingerprint density at radius 3 is 2.71 bits per heavy atom. The van der Waals surface area contributed by atoms with Gasteiger partial charge in [-0.25, -0.2) is 4.68 Å². The number of hydrogen-bond donors (Lipinski definition) is 2. The standard InChI is InChI=1S/C24H28ClN3O3/c1-15-3-2-4-16(7-15)5-6-26-19-13-27-28(21(29)20(19)25)24-11-17-8-18(12-24)10-23(9-17,14-24)22(30)31/h2-4,7,13,17-18,26H,5-6,8-12,14H2,1H3,(H,30,31). The molecule has 31 heavy (non-hydrogen) atoms. The van der Waals surface area contributed by atoms with E-state index < -0.39 is 16.9 Å². The maximum absolute atomic E-state index is 13.2. The van der Waals surface area contributed by atoms with Gasteiger partial charge in [-0.3, -0.25) is 9.59 Å². The molecule has 2 N–H and O–H groups in total. The molecule has 4 bridgehead atoms. The second-order valence-electron chi connectivity index (χ2n) is 10.0. The topological polar surface area (TPSA) is 84.2 Å². The highest BCUT2D eigenvalue weighted by molar-refractivity contribution is 6.32. The van der Waals surface area contributed by atoms with Crippen molar-refractivity contribution in [2.75, 3.05) is 11.9 Å². The molecule has 2 aromatic rings. The first-order valence-corrected chi connectivity index (χ1v) is 11.5. The molecule has 1 aromatic heterocycles. The first-order valence-electron chi connectivity index (χ1n) is 11.1. The molecule has 0 spiro atoms. The van der Waals surface area contributed by atoms with Gasteiger partial charge in [0, 0.05) is 6.54 Å². The number of hydrogen-bond acceptors (Lipinski definition) is 4. The lowest BCUT2D eigenvalue weighted by Crippen LogP contribution is -2.61. The van der Waals surface area contributed by atoms with Gasteiger partial charge in [-0.15, -0.1) is 0 Å². The molecule has 0 amide bonds. The lowest BCUT2D eigenvalue weighted by Gasteiger charge is -2.60. The van der Waals surface area contributed by atoms with Crippen molar-refractivity contribution in [3.63, 3.8) is 0 Å². The van der Waals surface area contributed by atoms with E-state index in [9.17, 15) is 14.7 Å². The molecule has 0 radical (unpaired) electrons. The Hall–Kier alpha value is -2.34. The number of rotatable bonds is 6. The van der Waals surface area contributed by atoms with Gasteiger partial charge in [-0.2, -0.15) is 5.10 Å². The first kappa shape index (κ1) is 20.6. The lowest BCUT2D eigenvalue weighted by molar-refractivity contribution is -0.173. The Balaban J connectivity index is 1.38. The number of carboxylic acid groups (broad SMARTS) is 1. The van der Waals surface area contributed by atoms with Crippen LogP contribution in [0.3, 0.4) is 0 Å². The number of benzene rings is 1. The average molecular weight is 442 g/mol. The summed E-state index contributed by atoms with van der Waals surface area (Å²) in [7, 11) is 0. The zero-order chi connectivity index (χ0) is 21.8. The van der Waals surface area contributed by atoms with Crippen LogP contribution in [0.1, 0.15) is 49.7 Å². The van der Waals surface area contributed by atoms with Crippen molar-refractivity contribution in [1.29, 1.82) is 0 Å². The summed E-state index contributed by atoms with van der Waals surface area (Å²) in [5.41, 5.74) is 1.41. The SMILES string of the molecule is Cc1cccc(CCNc2cnn(C34CC5CC(CC(C(=O)O)(C5)C3)C4)c(=O)c2Cl)c1. The molecule has 4 aliphatic rings. The summed E-state index contributed by atoms with van der Waals surface area (Å²) in [4.78, 5) is 25.4. The van der Waals surface area contributed by atoms with Gasteiger partial charge >= 0.3 is 5.97 Å². The fraction of sp³-hybridized carbons (Fsp3) is 0.542. The summed E-state index contributed by atoms with van der Waals surface area (Å²) in [5, 5.41) is 17.9. The maximum Gasteiger partial charge on any atom is 0.309 e. The molecule has 2 atom stereocenters. The quantitative estimate of drug-likeness (QED) is 0.700. The summed E-state index contributed by atoms with van der Waals surface area (Å²) in [6.07, 6.45) is 7.08. The van der Waals surface area contributed by atoms with Crippen molar-refractivity contribution in [3.05, 3.63) is 57.0 Å². The van der Waals surface area contributed by atoms with E-state index in [0.717, 1.165) is 38.5 Å². The summed E-state index contributed by atoms with van der Waals surface area (Å²) in [5.74, 6) is -0.0338. The van der Waals surface area contributed by atoms with Crippen LogP contribution < -0.4 is 10.9 Å². The predicted octanol–water partition coefficient (Wildman–Crippen LogP) is 4.24. The summed E-state index contributed by atoms with van der Waals surface area (Å²) < 4.78 is 1.52. The highest BCUT2D eigenvalue weighted by Crippen LogP contribution is 2.63. The Morgan fingerprint density at radius 2 is 2.03 bits per heavy atom. The number of aryl methyl sites for hydroxylation is 1. The minimum Gasteiger partial charge on any atom is -0.481 e. The van der Waals surface area contributed by atoms with E-state index in [-0.39, 0.29) is 10.6 Å². The fourth-order valence-electron chi connectivity index (χ4n) is 6.82. The highest BCUT2D eigenvalue weighted by Gasteiger charge is 2.62. The number of carbonyl (C=O) groups is 1. The second-order valence-corrected chi connectivity index (χ2v) is 10.4. The van der Waals surface area contributed by atoms with E-state index in [1.54, 1.807) is 6.20 Å². The fourth-order valence-corrected chi connectivity index (χ4v) is 7.01. The van der Waals surface area contributed by atoms with Crippen molar-refractivity contribution < 1.29 is 9.90 Å². The molecular weight excluding hydrogens is 414 g/mol. The number of halogens is 1. The van der Waals surface area contributed by atoms with Gasteiger partial charge in [-0.1, -0.05) is 41.4 Å². The van der Waals surface area contributed by atoms with E-state index in [0.29, 0.717) is 30.5 Å². The van der Waals surface area contributed by atoms with Crippen LogP contribution in [0.15, 0.2) is 35.3 Å². The van der Waals surface area contributed by atoms with Crippen LogP contribution in [0.2, 0.25) is 5.02 Å². The highest BCUT2D eigenvalue weighted by atomic mass is 35.5. The van der Waals surface area contributed by atoms with Crippen LogP contribution in [0.25, 0.3) is 0 Å². The molecule has 4 saturated carbocycles. The van der Waals surface area contributed by atoms with Crippen molar-refractivity contribution in [3.8, 4) is 0 Å². The van der Waals surface area contributed by atoms with E-state index >= 15 is 0 Å². The molecule has 4 aliphatic carbocycles. The third kappa shape index (κ3) is 3.45. The van der Waals surface area contributed by atoms with Crippen LogP contribution >= 0.6 is 11.6 Å². The normalized spacial score (nSPS) is 31.0. The number of aromatic nitrogens is 2. The van der Waals surface area contributed by atoms with Gasteiger partial charge < -0.3 is 10.4 Å². The molecule has 7 heteroatoms. The van der Waals surface area contributed by atoms with E-state index in [4.69, 9.17) is 11.6 Å².